The number of aryl methyl sites for hydroxylation is 1. The van der Waals surface area contributed by atoms with Crippen LogP contribution in [0.4, 0.5) is 0 Å². The monoisotopic (exact) mass is 264 g/mol. The summed E-state index contributed by atoms with van der Waals surface area (Å²) >= 11 is 1.91. The number of hydrogen-bond donors (Lipinski definition) is 1. The molecule has 0 saturated carbocycles. The van der Waals surface area contributed by atoms with Gasteiger partial charge in [0.2, 0.25) is 0 Å². The molecule has 2 nitrogen and oxygen atoms in total. The molecule has 1 aliphatic rings. The number of thioether (sulfide) groups is 1. The van der Waals surface area contributed by atoms with Gasteiger partial charge in [0, 0.05) is 30.6 Å². The van der Waals surface area contributed by atoms with Gasteiger partial charge in [-0.1, -0.05) is 19.1 Å². The van der Waals surface area contributed by atoms with Gasteiger partial charge in [-0.2, -0.15) is 0 Å². The highest BCUT2D eigenvalue weighted by molar-refractivity contribution is 7.99. The van der Waals surface area contributed by atoms with E-state index in [0.717, 1.165) is 18.8 Å². The number of benzene rings is 1. The van der Waals surface area contributed by atoms with E-state index in [4.69, 9.17) is 0 Å². The summed E-state index contributed by atoms with van der Waals surface area (Å²) in [6.45, 7) is 5.65. The van der Waals surface area contributed by atoms with Crippen LogP contribution in [-0.2, 0) is 6.42 Å². The molecule has 3 heteroatoms. The molecular formula is C15H24N2S. The van der Waals surface area contributed by atoms with Crippen molar-refractivity contribution in [1.29, 1.82) is 0 Å². The van der Waals surface area contributed by atoms with Crippen LogP contribution in [-0.4, -0.2) is 43.4 Å². The lowest BCUT2D eigenvalue weighted by Crippen LogP contribution is -2.49. The number of piperazine rings is 1. The Bertz CT molecular complexity index is 350. The van der Waals surface area contributed by atoms with E-state index in [9.17, 15) is 0 Å². The highest BCUT2D eigenvalue weighted by atomic mass is 32.2. The van der Waals surface area contributed by atoms with E-state index in [2.05, 4.69) is 48.5 Å². The molecule has 1 heterocycles. The fourth-order valence-electron chi connectivity index (χ4n) is 2.44. The Kier molecular flexibility index (Phi) is 5.54. The molecular weight excluding hydrogens is 240 g/mol. The molecule has 1 aromatic carbocycles. The lowest BCUT2D eigenvalue weighted by atomic mass is 10.0. The predicted molar refractivity (Wildman–Crippen MR) is 80.4 cm³/mol. The van der Waals surface area contributed by atoms with Crippen molar-refractivity contribution in [3.8, 4) is 0 Å². The van der Waals surface area contributed by atoms with Gasteiger partial charge in [0.15, 0.2) is 0 Å². The minimum absolute atomic E-state index is 0.698. The molecule has 100 valence electrons. The Morgan fingerprint density at radius 2 is 2.11 bits per heavy atom. The molecule has 1 atom stereocenters. The van der Waals surface area contributed by atoms with E-state index in [0.29, 0.717) is 6.04 Å². The molecule has 1 unspecified atom stereocenters. The maximum atomic E-state index is 3.48. The number of nitrogens with one attached hydrogen (secondary N) is 1. The van der Waals surface area contributed by atoms with Gasteiger partial charge in [-0.15, -0.1) is 11.8 Å². The van der Waals surface area contributed by atoms with Crippen LogP contribution in [0.25, 0.3) is 0 Å². The van der Waals surface area contributed by atoms with Crippen LogP contribution in [0, 0.1) is 0 Å². The van der Waals surface area contributed by atoms with Crippen molar-refractivity contribution in [1.82, 2.24) is 10.2 Å². The second-order valence-corrected chi connectivity index (χ2v) is 6.29. The second-order valence-electron chi connectivity index (χ2n) is 4.95. The van der Waals surface area contributed by atoms with Crippen LogP contribution in [0.5, 0.6) is 0 Å². The summed E-state index contributed by atoms with van der Waals surface area (Å²) in [6.07, 6.45) is 2.44. The van der Waals surface area contributed by atoms with E-state index < -0.39 is 0 Å². The molecule has 18 heavy (non-hydrogen) atoms. The van der Waals surface area contributed by atoms with Crippen molar-refractivity contribution in [2.45, 2.75) is 30.7 Å². The third-order valence-corrected chi connectivity index (χ3v) is 4.54. The first-order valence-corrected chi connectivity index (χ1v) is 7.91. The molecule has 0 aliphatic carbocycles. The molecule has 1 aromatic rings. The Balaban J connectivity index is 1.82. The smallest absolute Gasteiger partial charge is 0.0221 e. The van der Waals surface area contributed by atoms with Gasteiger partial charge in [-0.3, -0.25) is 0 Å². The molecule has 0 spiro atoms. The number of nitrogens with zero attached hydrogens (tertiary/aromatic N) is 1. The van der Waals surface area contributed by atoms with Crippen LogP contribution in [0.2, 0.25) is 0 Å². The van der Waals surface area contributed by atoms with Crippen molar-refractivity contribution < 1.29 is 0 Å². The van der Waals surface area contributed by atoms with Crippen molar-refractivity contribution in [3.05, 3.63) is 29.8 Å². The summed E-state index contributed by atoms with van der Waals surface area (Å²) in [7, 11) is 2.24. The lowest BCUT2D eigenvalue weighted by molar-refractivity contribution is 0.191. The summed E-state index contributed by atoms with van der Waals surface area (Å²) in [5.74, 6) is 1.15. The molecule has 2 rings (SSSR count). The Labute approximate surface area is 115 Å². The van der Waals surface area contributed by atoms with Crippen molar-refractivity contribution in [3.63, 3.8) is 0 Å². The molecule has 1 fully saturated rings. The van der Waals surface area contributed by atoms with Gasteiger partial charge in [0.05, 0.1) is 0 Å². The van der Waals surface area contributed by atoms with Crippen molar-refractivity contribution >= 4 is 11.8 Å². The van der Waals surface area contributed by atoms with E-state index in [1.807, 2.05) is 11.8 Å². The van der Waals surface area contributed by atoms with Crippen molar-refractivity contribution in [2.75, 3.05) is 32.4 Å². The highest BCUT2D eigenvalue weighted by Crippen LogP contribution is 2.19. The van der Waals surface area contributed by atoms with Gasteiger partial charge >= 0.3 is 0 Å². The standard InChI is InChI=1S/C15H24N2S/c1-3-18-15-8-5-13(6-9-15)4-7-14-12-16-10-11-17(14)2/h5-6,8-9,14,16H,3-4,7,10-12H2,1-2H3. The fraction of sp³-hybridized carbons (Fsp3) is 0.600. The largest absolute Gasteiger partial charge is 0.314 e. The zero-order valence-electron chi connectivity index (χ0n) is 11.5. The summed E-state index contributed by atoms with van der Waals surface area (Å²) in [6, 6.07) is 9.78. The zero-order chi connectivity index (χ0) is 12.8. The first kappa shape index (κ1) is 13.9. The fourth-order valence-corrected chi connectivity index (χ4v) is 3.10. The van der Waals surface area contributed by atoms with E-state index in [1.54, 1.807) is 0 Å². The molecule has 0 aromatic heterocycles. The van der Waals surface area contributed by atoms with Crippen molar-refractivity contribution in [2.24, 2.45) is 0 Å². The third-order valence-electron chi connectivity index (χ3n) is 3.65. The average molecular weight is 264 g/mol. The maximum absolute atomic E-state index is 3.48. The van der Waals surface area contributed by atoms with Gasteiger partial charge < -0.3 is 10.2 Å². The summed E-state index contributed by atoms with van der Waals surface area (Å²) in [5.41, 5.74) is 1.47. The van der Waals surface area contributed by atoms with E-state index in [-0.39, 0.29) is 0 Å². The Hall–Kier alpha value is -0.510. The maximum Gasteiger partial charge on any atom is 0.0221 e. The predicted octanol–water partition coefficient (Wildman–Crippen LogP) is 2.63. The molecule has 0 radical (unpaired) electrons. The van der Waals surface area contributed by atoms with Crippen LogP contribution >= 0.6 is 11.8 Å². The second kappa shape index (κ2) is 7.17. The van der Waals surface area contributed by atoms with Gasteiger partial charge in [0.1, 0.15) is 0 Å². The van der Waals surface area contributed by atoms with Crippen LogP contribution < -0.4 is 5.32 Å². The number of rotatable bonds is 5. The lowest BCUT2D eigenvalue weighted by Gasteiger charge is -2.33. The first-order valence-electron chi connectivity index (χ1n) is 6.92. The van der Waals surface area contributed by atoms with E-state index in [1.165, 1.54) is 29.8 Å². The number of likely N-dealkylation sites (N-methyl/N-ethyl adjacent to an activating group) is 1. The SMILES string of the molecule is CCSc1ccc(CCC2CNCCN2C)cc1. The molecule has 0 amide bonds. The quantitative estimate of drug-likeness (QED) is 0.823. The Morgan fingerprint density at radius 1 is 1.33 bits per heavy atom. The average Bonchev–Trinajstić information content (AvgIpc) is 2.40. The van der Waals surface area contributed by atoms with E-state index >= 15 is 0 Å². The van der Waals surface area contributed by atoms with Gasteiger partial charge in [0.25, 0.3) is 0 Å². The summed E-state index contributed by atoms with van der Waals surface area (Å²) < 4.78 is 0. The van der Waals surface area contributed by atoms with Gasteiger partial charge in [-0.05, 0) is 43.3 Å². The van der Waals surface area contributed by atoms with Gasteiger partial charge in [-0.25, -0.2) is 0 Å². The number of hydrogen-bond acceptors (Lipinski definition) is 3. The summed E-state index contributed by atoms with van der Waals surface area (Å²) in [5, 5.41) is 3.48. The molecule has 1 saturated heterocycles. The van der Waals surface area contributed by atoms with Crippen LogP contribution in [0.3, 0.4) is 0 Å². The first-order chi connectivity index (χ1) is 8.79. The Morgan fingerprint density at radius 3 is 2.78 bits per heavy atom. The van der Waals surface area contributed by atoms with Crippen LogP contribution in [0.1, 0.15) is 18.9 Å². The zero-order valence-corrected chi connectivity index (χ0v) is 12.3. The van der Waals surface area contributed by atoms with Crippen LogP contribution in [0.15, 0.2) is 29.2 Å². The topological polar surface area (TPSA) is 15.3 Å². The highest BCUT2D eigenvalue weighted by Gasteiger charge is 2.17. The minimum Gasteiger partial charge on any atom is -0.314 e. The molecule has 0 bridgehead atoms. The molecule has 1 aliphatic heterocycles. The normalized spacial score (nSPS) is 21.1. The third kappa shape index (κ3) is 4.01. The summed E-state index contributed by atoms with van der Waals surface area (Å²) in [4.78, 5) is 3.87. The minimum atomic E-state index is 0.698. The molecule has 1 N–H and O–H groups in total.